The van der Waals surface area contributed by atoms with Gasteiger partial charge >= 0.3 is 0 Å². The van der Waals surface area contributed by atoms with Crippen molar-refractivity contribution in [1.82, 2.24) is 4.90 Å². The summed E-state index contributed by atoms with van der Waals surface area (Å²) < 4.78 is 0. The molecule has 0 spiro atoms. The molecule has 1 aliphatic heterocycles. The van der Waals surface area contributed by atoms with Crippen LogP contribution in [0.25, 0.3) is 0 Å². The molecule has 1 aliphatic rings. The van der Waals surface area contributed by atoms with Crippen molar-refractivity contribution in [3.05, 3.63) is 34.9 Å². The lowest BCUT2D eigenvalue weighted by Crippen LogP contribution is -2.26. The third kappa shape index (κ3) is 3.34. The molecule has 100 valence electrons. The van der Waals surface area contributed by atoms with E-state index in [9.17, 15) is 4.79 Å². The summed E-state index contributed by atoms with van der Waals surface area (Å²) in [6, 6.07) is 6.39. The highest BCUT2D eigenvalue weighted by Crippen LogP contribution is 2.20. The molecule has 0 atom stereocenters. The first kappa shape index (κ1) is 14.7. The molecule has 0 N–H and O–H groups in total. The Labute approximate surface area is 111 Å². The predicted octanol–water partition coefficient (Wildman–Crippen LogP) is 3.68. The largest absolute Gasteiger partial charge is 0.342 e. The van der Waals surface area contributed by atoms with Gasteiger partial charge in [0.25, 0.3) is 5.91 Å². The topological polar surface area (TPSA) is 20.3 Å². The Balaban J connectivity index is 0.000000771. The van der Waals surface area contributed by atoms with Crippen molar-refractivity contribution in [2.24, 2.45) is 0 Å². The quantitative estimate of drug-likeness (QED) is 0.780. The molecular weight excluding hydrogens is 222 g/mol. The number of nitrogens with zero attached hydrogens (tertiary/aromatic N) is 1. The van der Waals surface area contributed by atoms with E-state index in [-0.39, 0.29) is 5.91 Å². The van der Waals surface area contributed by atoms with E-state index in [1.54, 1.807) is 0 Å². The maximum atomic E-state index is 12.1. The van der Waals surface area contributed by atoms with Gasteiger partial charge in [0.1, 0.15) is 0 Å². The summed E-state index contributed by atoms with van der Waals surface area (Å²) in [6.07, 6.45) is 4.28. The summed E-state index contributed by atoms with van der Waals surface area (Å²) in [4.78, 5) is 14.0. The van der Waals surface area contributed by atoms with Crippen LogP contribution < -0.4 is 0 Å². The standard InChI is InChI=1S/C14H19NO.C2H6/c1-3-5-11-7-8-12-6-4-9-15(2)14(16)13(12)10-11;1-2/h7-8,10H,3-6,9H2,1-2H3;1-2H3. The zero-order valence-corrected chi connectivity index (χ0v) is 12.1. The Kier molecular flexibility index (Phi) is 5.90. The van der Waals surface area contributed by atoms with Gasteiger partial charge in [-0.05, 0) is 36.5 Å². The van der Waals surface area contributed by atoms with E-state index in [4.69, 9.17) is 0 Å². The van der Waals surface area contributed by atoms with Gasteiger partial charge in [-0.3, -0.25) is 4.79 Å². The molecule has 1 aromatic rings. The highest BCUT2D eigenvalue weighted by Gasteiger charge is 2.19. The molecule has 2 nitrogen and oxygen atoms in total. The molecule has 1 aromatic carbocycles. The van der Waals surface area contributed by atoms with Crippen LogP contribution in [-0.2, 0) is 12.8 Å². The minimum absolute atomic E-state index is 0.186. The zero-order valence-electron chi connectivity index (χ0n) is 12.1. The summed E-state index contributed by atoms with van der Waals surface area (Å²) in [5.74, 6) is 0.186. The predicted molar refractivity (Wildman–Crippen MR) is 77.1 cm³/mol. The molecule has 0 radical (unpaired) electrons. The van der Waals surface area contributed by atoms with E-state index < -0.39 is 0 Å². The first-order chi connectivity index (χ1) is 8.72. The fourth-order valence-corrected chi connectivity index (χ4v) is 2.30. The number of carbonyl (C=O) groups excluding carboxylic acids is 1. The van der Waals surface area contributed by atoms with Gasteiger partial charge in [-0.15, -0.1) is 0 Å². The molecular formula is C16H25NO. The summed E-state index contributed by atoms with van der Waals surface area (Å²) in [7, 11) is 1.89. The number of carbonyl (C=O) groups is 1. The van der Waals surface area contributed by atoms with Crippen LogP contribution in [-0.4, -0.2) is 24.4 Å². The number of hydrogen-bond acceptors (Lipinski definition) is 1. The molecule has 1 heterocycles. The van der Waals surface area contributed by atoms with E-state index in [2.05, 4.69) is 25.1 Å². The average Bonchev–Trinajstić information content (AvgIpc) is 2.54. The Bertz CT molecular complexity index is 398. The zero-order chi connectivity index (χ0) is 13.5. The lowest BCUT2D eigenvalue weighted by atomic mass is 9.99. The fourth-order valence-electron chi connectivity index (χ4n) is 2.30. The van der Waals surface area contributed by atoms with E-state index in [1.807, 2.05) is 25.8 Å². The Hall–Kier alpha value is -1.31. The van der Waals surface area contributed by atoms with Crippen LogP contribution in [0.1, 0.15) is 55.1 Å². The maximum Gasteiger partial charge on any atom is 0.253 e. The van der Waals surface area contributed by atoms with E-state index >= 15 is 0 Å². The molecule has 0 aliphatic carbocycles. The monoisotopic (exact) mass is 247 g/mol. The number of benzene rings is 1. The van der Waals surface area contributed by atoms with Crippen LogP contribution in [0.15, 0.2) is 18.2 Å². The van der Waals surface area contributed by atoms with Gasteiger partial charge in [-0.2, -0.15) is 0 Å². The molecule has 0 bridgehead atoms. The SMILES string of the molecule is CC.CCCc1ccc2c(c1)C(=O)N(C)CCC2. The highest BCUT2D eigenvalue weighted by atomic mass is 16.2. The van der Waals surface area contributed by atoms with Gasteiger partial charge < -0.3 is 4.90 Å². The average molecular weight is 247 g/mol. The molecule has 18 heavy (non-hydrogen) atoms. The van der Waals surface area contributed by atoms with Crippen LogP contribution in [0, 0.1) is 0 Å². The summed E-state index contributed by atoms with van der Waals surface area (Å²) in [6.45, 7) is 7.04. The maximum absolute atomic E-state index is 12.1. The summed E-state index contributed by atoms with van der Waals surface area (Å²) >= 11 is 0. The van der Waals surface area contributed by atoms with Crippen molar-refractivity contribution in [2.75, 3.05) is 13.6 Å². The summed E-state index contributed by atoms with van der Waals surface area (Å²) in [5, 5.41) is 0. The van der Waals surface area contributed by atoms with E-state index in [1.165, 1.54) is 11.1 Å². The molecule has 1 amide bonds. The normalized spacial score (nSPS) is 14.4. The van der Waals surface area contributed by atoms with Crippen molar-refractivity contribution in [3.63, 3.8) is 0 Å². The highest BCUT2D eigenvalue weighted by molar-refractivity contribution is 5.96. The fraction of sp³-hybridized carbons (Fsp3) is 0.562. The molecule has 0 unspecified atom stereocenters. The first-order valence-electron chi connectivity index (χ1n) is 7.09. The number of hydrogen-bond donors (Lipinski definition) is 0. The van der Waals surface area contributed by atoms with Crippen LogP contribution >= 0.6 is 0 Å². The van der Waals surface area contributed by atoms with Crippen molar-refractivity contribution >= 4 is 5.91 Å². The minimum Gasteiger partial charge on any atom is -0.342 e. The van der Waals surface area contributed by atoms with E-state index in [0.29, 0.717) is 0 Å². The van der Waals surface area contributed by atoms with Crippen molar-refractivity contribution in [2.45, 2.75) is 46.5 Å². The van der Waals surface area contributed by atoms with Gasteiger partial charge in [0.2, 0.25) is 0 Å². The Morgan fingerprint density at radius 3 is 2.67 bits per heavy atom. The van der Waals surface area contributed by atoms with Crippen LogP contribution in [0.3, 0.4) is 0 Å². The lowest BCUT2D eigenvalue weighted by molar-refractivity contribution is 0.0800. The number of fused-ring (bicyclic) bond motifs is 1. The molecule has 0 fully saturated rings. The Morgan fingerprint density at radius 2 is 2.00 bits per heavy atom. The van der Waals surface area contributed by atoms with Gasteiger partial charge in [0.05, 0.1) is 0 Å². The second-order valence-corrected chi connectivity index (χ2v) is 4.57. The van der Waals surface area contributed by atoms with Crippen molar-refractivity contribution < 1.29 is 4.79 Å². The van der Waals surface area contributed by atoms with Crippen LogP contribution in [0.5, 0.6) is 0 Å². The van der Waals surface area contributed by atoms with Crippen LogP contribution in [0.2, 0.25) is 0 Å². The number of rotatable bonds is 2. The van der Waals surface area contributed by atoms with Gasteiger partial charge in [0.15, 0.2) is 0 Å². The molecule has 0 saturated heterocycles. The first-order valence-corrected chi connectivity index (χ1v) is 7.09. The number of amides is 1. The third-order valence-corrected chi connectivity index (χ3v) is 3.23. The van der Waals surface area contributed by atoms with Gasteiger partial charge in [-0.1, -0.05) is 39.3 Å². The second kappa shape index (κ2) is 7.20. The van der Waals surface area contributed by atoms with Crippen molar-refractivity contribution in [3.8, 4) is 0 Å². The second-order valence-electron chi connectivity index (χ2n) is 4.57. The van der Waals surface area contributed by atoms with Crippen LogP contribution in [0.4, 0.5) is 0 Å². The van der Waals surface area contributed by atoms with Crippen molar-refractivity contribution in [1.29, 1.82) is 0 Å². The molecule has 0 saturated carbocycles. The number of aryl methyl sites for hydroxylation is 2. The lowest BCUT2D eigenvalue weighted by Gasteiger charge is -2.14. The summed E-state index contributed by atoms with van der Waals surface area (Å²) in [5.41, 5.74) is 3.42. The van der Waals surface area contributed by atoms with E-state index in [0.717, 1.165) is 37.8 Å². The molecule has 0 aromatic heterocycles. The Morgan fingerprint density at radius 1 is 1.28 bits per heavy atom. The van der Waals surface area contributed by atoms with Gasteiger partial charge in [0, 0.05) is 19.2 Å². The van der Waals surface area contributed by atoms with Gasteiger partial charge in [-0.25, -0.2) is 0 Å². The molecule has 2 heteroatoms. The smallest absolute Gasteiger partial charge is 0.253 e. The third-order valence-electron chi connectivity index (χ3n) is 3.23. The minimum atomic E-state index is 0.186. The molecule has 2 rings (SSSR count).